The van der Waals surface area contributed by atoms with Gasteiger partial charge in [-0.1, -0.05) is 32.9 Å². The Labute approximate surface area is 281 Å². The first-order chi connectivity index (χ1) is 21.7. The zero-order valence-corrected chi connectivity index (χ0v) is 30.5. The third-order valence-corrected chi connectivity index (χ3v) is 15.8. The van der Waals surface area contributed by atoms with Crippen LogP contribution in [0.15, 0.2) is 47.2 Å². The van der Waals surface area contributed by atoms with Gasteiger partial charge in [-0.3, -0.25) is 4.79 Å². The van der Waals surface area contributed by atoms with Gasteiger partial charge in [0.2, 0.25) is 11.5 Å². The normalized spacial score (nSPS) is 17.6. The SMILES string of the molecule is COc1cc(NC(=O)CCN(C)C2CCC(OC(=O)C(O)(c3cccs3)c3cccs3)CC2)c(F)cc1CO[Si](C)(C)C(C)(C)C. The number of aliphatic hydroxyl groups is 1. The fraction of sp³-hybridized carbons (Fsp3) is 0.529. The molecular formula is C34H47FN2O6S2Si. The highest BCUT2D eigenvalue weighted by Crippen LogP contribution is 2.39. The van der Waals surface area contributed by atoms with Crippen molar-refractivity contribution in [3.8, 4) is 5.75 Å². The summed E-state index contributed by atoms with van der Waals surface area (Å²) in [6.45, 7) is 11.5. The number of halogens is 1. The molecule has 0 radical (unpaired) electrons. The smallest absolute Gasteiger partial charge is 0.349 e. The Morgan fingerprint density at radius 3 is 2.20 bits per heavy atom. The summed E-state index contributed by atoms with van der Waals surface area (Å²) in [5, 5.41) is 17.9. The molecule has 12 heteroatoms. The van der Waals surface area contributed by atoms with Crippen molar-refractivity contribution < 1.29 is 33.0 Å². The molecule has 0 unspecified atom stereocenters. The predicted octanol–water partition coefficient (Wildman–Crippen LogP) is 7.53. The van der Waals surface area contributed by atoms with Crippen molar-refractivity contribution in [2.45, 2.75) is 95.4 Å². The number of carbonyl (C=O) groups is 2. The molecule has 0 bridgehead atoms. The quantitative estimate of drug-likeness (QED) is 0.141. The molecule has 252 valence electrons. The van der Waals surface area contributed by atoms with Crippen LogP contribution in [-0.2, 0) is 31.0 Å². The molecule has 1 aliphatic rings. The summed E-state index contributed by atoms with van der Waals surface area (Å²) < 4.78 is 32.7. The molecule has 1 fully saturated rings. The third-order valence-electron chi connectivity index (χ3n) is 9.32. The van der Waals surface area contributed by atoms with Gasteiger partial charge in [-0.25, -0.2) is 9.18 Å². The molecule has 1 amide bonds. The lowest BCUT2D eigenvalue weighted by Gasteiger charge is -2.36. The van der Waals surface area contributed by atoms with Crippen LogP contribution in [0.1, 0.15) is 68.2 Å². The van der Waals surface area contributed by atoms with E-state index in [0.29, 0.717) is 40.5 Å². The molecule has 0 saturated heterocycles. The number of methoxy groups -OCH3 is 1. The number of thiophene rings is 2. The number of benzene rings is 1. The number of hydrogen-bond acceptors (Lipinski definition) is 9. The van der Waals surface area contributed by atoms with Crippen molar-refractivity contribution in [3.63, 3.8) is 0 Å². The largest absolute Gasteiger partial charge is 0.496 e. The van der Waals surface area contributed by atoms with Gasteiger partial charge in [-0.15, -0.1) is 22.7 Å². The van der Waals surface area contributed by atoms with E-state index in [-0.39, 0.29) is 41.8 Å². The Morgan fingerprint density at radius 1 is 1.07 bits per heavy atom. The number of anilines is 1. The zero-order chi connectivity index (χ0) is 33.7. The Hall–Kier alpha value is -2.61. The topological polar surface area (TPSA) is 97.3 Å². The molecule has 0 aliphatic heterocycles. The first kappa shape index (κ1) is 36.2. The van der Waals surface area contributed by atoms with E-state index in [1.165, 1.54) is 41.9 Å². The summed E-state index contributed by atoms with van der Waals surface area (Å²) in [5.41, 5.74) is -1.13. The summed E-state index contributed by atoms with van der Waals surface area (Å²) in [6, 6.07) is 10.2. The maximum Gasteiger partial charge on any atom is 0.349 e. The van der Waals surface area contributed by atoms with Crippen LogP contribution in [0.4, 0.5) is 10.1 Å². The number of nitrogens with zero attached hydrogens (tertiary/aromatic N) is 1. The Morgan fingerprint density at radius 2 is 1.67 bits per heavy atom. The van der Waals surface area contributed by atoms with Crippen molar-refractivity contribution >= 4 is 48.6 Å². The number of amides is 1. The van der Waals surface area contributed by atoms with Crippen molar-refractivity contribution in [1.29, 1.82) is 0 Å². The summed E-state index contributed by atoms with van der Waals surface area (Å²) >= 11 is 2.65. The lowest BCUT2D eigenvalue weighted by Crippen LogP contribution is -2.42. The predicted molar refractivity (Wildman–Crippen MR) is 185 cm³/mol. The molecule has 2 N–H and O–H groups in total. The van der Waals surface area contributed by atoms with Crippen LogP contribution in [0.2, 0.25) is 18.1 Å². The molecule has 8 nitrogen and oxygen atoms in total. The van der Waals surface area contributed by atoms with Crippen LogP contribution >= 0.6 is 22.7 Å². The van der Waals surface area contributed by atoms with Crippen molar-refractivity contribution in [1.82, 2.24) is 4.90 Å². The number of esters is 1. The van der Waals surface area contributed by atoms with Gasteiger partial charge in [0.15, 0.2) is 8.32 Å². The summed E-state index contributed by atoms with van der Waals surface area (Å²) in [5.74, 6) is -1.00. The minimum absolute atomic E-state index is 0.0212. The molecule has 2 heterocycles. The van der Waals surface area contributed by atoms with E-state index >= 15 is 4.39 Å². The molecule has 4 rings (SSSR count). The highest BCUT2D eigenvalue weighted by Gasteiger charge is 2.45. The van der Waals surface area contributed by atoms with Crippen LogP contribution < -0.4 is 10.1 Å². The number of nitrogens with one attached hydrogen (secondary N) is 1. The van der Waals surface area contributed by atoms with E-state index in [0.717, 1.165) is 12.8 Å². The number of ether oxygens (including phenoxy) is 2. The summed E-state index contributed by atoms with van der Waals surface area (Å²) in [7, 11) is 1.45. The van der Waals surface area contributed by atoms with Crippen molar-refractivity contribution in [3.05, 3.63) is 68.3 Å². The first-order valence-electron chi connectivity index (χ1n) is 15.7. The Bertz CT molecular complexity index is 1420. The molecule has 1 saturated carbocycles. The van der Waals surface area contributed by atoms with Gasteiger partial charge in [0, 0.05) is 30.6 Å². The summed E-state index contributed by atoms with van der Waals surface area (Å²) in [6.07, 6.45) is 2.80. The average Bonchev–Trinajstić information content (AvgIpc) is 3.75. The van der Waals surface area contributed by atoms with Gasteiger partial charge < -0.3 is 29.2 Å². The van der Waals surface area contributed by atoms with Gasteiger partial charge in [0.05, 0.1) is 29.2 Å². The average molecular weight is 691 g/mol. The van der Waals surface area contributed by atoms with Crippen LogP contribution in [0, 0.1) is 5.82 Å². The number of hydrogen-bond donors (Lipinski definition) is 2. The van der Waals surface area contributed by atoms with E-state index in [9.17, 15) is 14.7 Å². The maximum absolute atomic E-state index is 15.1. The molecule has 1 aliphatic carbocycles. The fourth-order valence-corrected chi connectivity index (χ4v) is 7.94. The van der Waals surface area contributed by atoms with Crippen LogP contribution in [-0.4, -0.2) is 63.0 Å². The van der Waals surface area contributed by atoms with E-state index in [1.807, 2.05) is 29.9 Å². The molecule has 2 aromatic heterocycles. The van der Waals surface area contributed by atoms with Gasteiger partial charge >= 0.3 is 5.97 Å². The second-order valence-electron chi connectivity index (χ2n) is 13.5. The molecule has 46 heavy (non-hydrogen) atoms. The Kier molecular flexibility index (Phi) is 11.9. The lowest BCUT2D eigenvalue weighted by atomic mass is 9.91. The van der Waals surface area contributed by atoms with E-state index in [4.69, 9.17) is 13.9 Å². The van der Waals surface area contributed by atoms with E-state index in [1.54, 1.807) is 12.1 Å². The molecule has 1 aromatic carbocycles. The van der Waals surface area contributed by atoms with Crippen LogP contribution in [0.3, 0.4) is 0 Å². The lowest BCUT2D eigenvalue weighted by molar-refractivity contribution is -0.169. The Balaban J connectivity index is 1.26. The minimum atomic E-state index is -2.04. The van der Waals surface area contributed by atoms with Crippen molar-refractivity contribution in [2.24, 2.45) is 0 Å². The molecule has 0 spiro atoms. The second-order valence-corrected chi connectivity index (χ2v) is 20.2. The van der Waals surface area contributed by atoms with Gasteiger partial charge in [-0.05, 0) is 79.8 Å². The molecule has 3 aromatic rings. The first-order valence-corrected chi connectivity index (χ1v) is 20.3. The van der Waals surface area contributed by atoms with Crippen LogP contribution in [0.5, 0.6) is 5.75 Å². The van der Waals surface area contributed by atoms with Gasteiger partial charge in [0.1, 0.15) is 17.7 Å². The summed E-state index contributed by atoms with van der Waals surface area (Å²) in [4.78, 5) is 29.3. The zero-order valence-electron chi connectivity index (χ0n) is 27.9. The molecule has 0 atom stereocenters. The van der Waals surface area contributed by atoms with Crippen LogP contribution in [0.25, 0.3) is 0 Å². The van der Waals surface area contributed by atoms with Gasteiger partial charge in [0.25, 0.3) is 0 Å². The van der Waals surface area contributed by atoms with E-state index < -0.39 is 25.7 Å². The van der Waals surface area contributed by atoms with E-state index in [2.05, 4.69) is 44.1 Å². The van der Waals surface area contributed by atoms with Gasteiger partial charge in [-0.2, -0.15) is 0 Å². The monoisotopic (exact) mass is 690 g/mol. The third kappa shape index (κ3) is 8.45. The minimum Gasteiger partial charge on any atom is -0.496 e. The second kappa shape index (κ2) is 15.1. The standard InChI is InChI=1S/C34H47FN2O6S2Si/c1-33(2,3)46(6,7)42-22-23-20-26(35)27(21-28(23)41-5)36-31(38)16-17-37(4)24-12-14-25(15-13-24)43-32(39)34(40,29-10-8-18-44-29)30-11-9-19-45-30/h8-11,18-21,24-25,40H,12-17,22H2,1-7H3,(H,36,38). The fourth-order valence-electron chi connectivity index (χ4n) is 5.27. The highest BCUT2D eigenvalue weighted by atomic mass is 32.1. The van der Waals surface area contributed by atoms with Crippen molar-refractivity contribution in [2.75, 3.05) is 26.0 Å². The number of carbonyl (C=O) groups excluding carboxylic acids is 2. The number of rotatable bonds is 13. The maximum atomic E-state index is 15.1. The highest BCUT2D eigenvalue weighted by molar-refractivity contribution is 7.12. The molecular weight excluding hydrogens is 644 g/mol.